The summed E-state index contributed by atoms with van der Waals surface area (Å²) in [5.74, 6) is 0.866. The molecule has 0 saturated carbocycles. The van der Waals surface area contributed by atoms with E-state index >= 15 is 0 Å². The molecule has 24 heavy (non-hydrogen) atoms. The Bertz CT molecular complexity index is 862. The van der Waals surface area contributed by atoms with Gasteiger partial charge in [-0.15, -0.1) is 14.8 Å². The van der Waals surface area contributed by atoms with Gasteiger partial charge < -0.3 is 10.2 Å². The van der Waals surface area contributed by atoms with Crippen LogP contribution in [-0.2, 0) is 11.8 Å². The molecule has 10 heteroatoms. The molecule has 1 fully saturated rings. The van der Waals surface area contributed by atoms with Crippen molar-refractivity contribution in [2.45, 2.75) is 12.8 Å². The van der Waals surface area contributed by atoms with Crippen LogP contribution in [0.4, 0.5) is 11.5 Å². The molecule has 0 atom stereocenters. The Balaban J connectivity index is 1.38. The number of anilines is 2. The summed E-state index contributed by atoms with van der Waals surface area (Å²) in [4.78, 5) is 14.5. The third-order valence-electron chi connectivity index (χ3n) is 4.22. The predicted octanol–water partition coefficient (Wildman–Crippen LogP) is 0.108. The van der Waals surface area contributed by atoms with Gasteiger partial charge in [-0.1, -0.05) is 0 Å². The summed E-state index contributed by atoms with van der Waals surface area (Å²) in [5.41, 5.74) is 1.35. The van der Waals surface area contributed by atoms with E-state index in [1.165, 1.54) is 4.63 Å². The normalized spacial score (nSPS) is 15.8. The first kappa shape index (κ1) is 14.5. The molecule has 0 aliphatic carbocycles. The van der Waals surface area contributed by atoms with Crippen LogP contribution in [0.1, 0.15) is 12.8 Å². The van der Waals surface area contributed by atoms with E-state index in [2.05, 4.69) is 35.9 Å². The van der Waals surface area contributed by atoms with Gasteiger partial charge in [-0.3, -0.25) is 9.48 Å². The molecule has 1 aliphatic rings. The van der Waals surface area contributed by atoms with Crippen molar-refractivity contribution in [1.29, 1.82) is 0 Å². The van der Waals surface area contributed by atoms with Crippen LogP contribution in [0.2, 0.25) is 0 Å². The Hall–Kier alpha value is -3.04. The summed E-state index contributed by atoms with van der Waals surface area (Å²) in [6, 6.07) is 3.74. The Morgan fingerprint density at radius 2 is 2.12 bits per heavy atom. The molecule has 124 valence electrons. The first-order chi connectivity index (χ1) is 11.7. The Morgan fingerprint density at radius 3 is 2.88 bits per heavy atom. The highest BCUT2D eigenvalue weighted by molar-refractivity contribution is 5.92. The number of aromatic nitrogens is 7. The van der Waals surface area contributed by atoms with Crippen LogP contribution in [0.3, 0.4) is 0 Å². The zero-order valence-corrected chi connectivity index (χ0v) is 13.2. The molecule has 10 nitrogen and oxygen atoms in total. The van der Waals surface area contributed by atoms with Crippen molar-refractivity contribution in [3.8, 4) is 0 Å². The number of carbonyl (C=O) groups excluding carboxylic acids is 1. The van der Waals surface area contributed by atoms with E-state index in [0.717, 1.165) is 37.4 Å². The molecular weight excluding hydrogens is 310 g/mol. The molecule has 1 saturated heterocycles. The van der Waals surface area contributed by atoms with Crippen molar-refractivity contribution in [3.05, 3.63) is 24.5 Å². The van der Waals surface area contributed by atoms with Gasteiger partial charge in [0.05, 0.1) is 11.9 Å². The van der Waals surface area contributed by atoms with Gasteiger partial charge in [0.25, 0.3) is 0 Å². The lowest BCUT2D eigenvalue weighted by atomic mass is 9.96. The number of aryl methyl sites for hydroxylation is 1. The molecule has 3 aromatic rings. The van der Waals surface area contributed by atoms with Crippen LogP contribution >= 0.6 is 0 Å². The molecule has 1 N–H and O–H groups in total. The van der Waals surface area contributed by atoms with Crippen LogP contribution < -0.4 is 10.2 Å². The summed E-state index contributed by atoms with van der Waals surface area (Å²) >= 11 is 0. The number of hydrogen-bond donors (Lipinski definition) is 1. The number of fused-ring (bicyclic) bond motifs is 1. The largest absolute Gasteiger partial charge is 0.355 e. The third kappa shape index (κ3) is 2.77. The molecule has 1 amide bonds. The maximum atomic E-state index is 12.3. The second-order valence-electron chi connectivity index (χ2n) is 5.87. The van der Waals surface area contributed by atoms with Gasteiger partial charge in [0, 0.05) is 32.3 Å². The summed E-state index contributed by atoms with van der Waals surface area (Å²) in [5, 5.41) is 22.6. The second kappa shape index (κ2) is 5.87. The minimum Gasteiger partial charge on any atom is -0.355 e. The minimum absolute atomic E-state index is 0.00164. The van der Waals surface area contributed by atoms with Crippen molar-refractivity contribution >= 4 is 23.1 Å². The highest BCUT2D eigenvalue weighted by atomic mass is 16.1. The number of tetrazole rings is 1. The number of hydrogen-bond acceptors (Lipinski definition) is 7. The van der Waals surface area contributed by atoms with Crippen molar-refractivity contribution in [2.75, 3.05) is 23.3 Å². The van der Waals surface area contributed by atoms with E-state index in [-0.39, 0.29) is 11.8 Å². The number of carbonyl (C=O) groups is 1. The average molecular weight is 327 g/mol. The standard InChI is InChI=1S/C14H17N9O/c1-21-9-11(8-15-21)16-14(24)10-4-6-22(7-5-10)13-3-2-12-17-19-20-23(12)18-13/h2-3,8-10H,4-7H2,1H3,(H,16,24). The van der Waals surface area contributed by atoms with E-state index in [1.54, 1.807) is 17.1 Å². The first-order valence-electron chi connectivity index (χ1n) is 7.79. The van der Waals surface area contributed by atoms with Crippen molar-refractivity contribution in [1.82, 2.24) is 35.0 Å². The molecule has 0 bridgehead atoms. The Kier molecular flexibility index (Phi) is 3.56. The van der Waals surface area contributed by atoms with Gasteiger partial charge >= 0.3 is 0 Å². The molecule has 4 rings (SSSR count). The molecule has 0 radical (unpaired) electrons. The summed E-state index contributed by atoms with van der Waals surface area (Å²) in [7, 11) is 1.82. The van der Waals surface area contributed by atoms with Gasteiger partial charge in [-0.2, -0.15) is 5.10 Å². The predicted molar refractivity (Wildman–Crippen MR) is 85.4 cm³/mol. The summed E-state index contributed by atoms with van der Waals surface area (Å²) in [6.45, 7) is 1.54. The second-order valence-corrected chi connectivity index (χ2v) is 5.87. The van der Waals surface area contributed by atoms with Crippen LogP contribution in [-0.4, -0.2) is 54.0 Å². The van der Waals surface area contributed by atoms with E-state index in [9.17, 15) is 4.79 Å². The number of nitrogens with zero attached hydrogens (tertiary/aromatic N) is 8. The lowest BCUT2D eigenvalue weighted by molar-refractivity contribution is -0.120. The van der Waals surface area contributed by atoms with Gasteiger partial charge in [0.1, 0.15) is 0 Å². The number of amides is 1. The number of rotatable bonds is 3. The van der Waals surface area contributed by atoms with Crippen molar-refractivity contribution < 1.29 is 4.79 Å². The number of nitrogens with one attached hydrogen (secondary N) is 1. The van der Waals surface area contributed by atoms with Crippen LogP contribution in [0, 0.1) is 5.92 Å². The van der Waals surface area contributed by atoms with Crippen molar-refractivity contribution in [2.24, 2.45) is 13.0 Å². The molecule has 3 aromatic heterocycles. The van der Waals surface area contributed by atoms with Gasteiger partial charge in [-0.25, -0.2) is 0 Å². The topological polar surface area (TPSA) is 106 Å². The smallest absolute Gasteiger partial charge is 0.227 e. The van der Waals surface area contributed by atoms with Gasteiger partial charge in [-0.05, 0) is 35.4 Å². The van der Waals surface area contributed by atoms with Crippen molar-refractivity contribution in [3.63, 3.8) is 0 Å². The van der Waals surface area contributed by atoms with Crippen LogP contribution in [0.5, 0.6) is 0 Å². The zero-order chi connectivity index (χ0) is 16.5. The fraction of sp³-hybridized carbons (Fsp3) is 0.429. The molecule has 4 heterocycles. The maximum absolute atomic E-state index is 12.3. The highest BCUT2D eigenvalue weighted by Crippen LogP contribution is 2.23. The lowest BCUT2D eigenvalue weighted by Crippen LogP contribution is -2.38. The molecule has 0 spiro atoms. The highest BCUT2D eigenvalue weighted by Gasteiger charge is 2.26. The van der Waals surface area contributed by atoms with E-state index in [4.69, 9.17) is 0 Å². The Morgan fingerprint density at radius 1 is 1.29 bits per heavy atom. The first-order valence-corrected chi connectivity index (χ1v) is 7.79. The van der Waals surface area contributed by atoms with E-state index in [0.29, 0.717) is 5.65 Å². The van der Waals surface area contributed by atoms with E-state index < -0.39 is 0 Å². The van der Waals surface area contributed by atoms with Crippen LogP contribution in [0.25, 0.3) is 5.65 Å². The summed E-state index contributed by atoms with van der Waals surface area (Å²) in [6.07, 6.45) is 5.00. The lowest BCUT2D eigenvalue weighted by Gasteiger charge is -2.31. The Labute approximate surface area is 137 Å². The molecule has 0 unspecified atom stereocenters. The van der Waals surface area contributed by atoms with Gasteiger partial charge in [0.2, 0.25) is 5.91 Å². The zero-order valence-electron chi connectivity index (χ0n) is 13.2. The van der Waals surface area contributed by atoms with Gasteiger partial charge in [0.15, 0.2) is 11.5 Å². The number of piperidine rings is 1. The summed E-state index contributed by atoms with van der Waals surface area (Å²) < 4.78 is 3.08. The SMILES string of the molecule is Cn1cc(NC(=O)C2CCN(c3ccc4nnnn4n3)CC2)cn1. The van der Waals surface area contributed by atoms with Crippen LogP contribution in [0.15, 0.2) is 24.5 Å². The minimum atomic E-state index is -0.00164. The average Bonchev–Trinajstić information content (AvgIpc) is 3.23. The molecule has 1 aliphatic heterocycles. The molecular formula is C14H17N9O. The quantitative estimate of drug-likeness (QED) is 0.727. The third-order valence-corrected chi connectivity index (χ3v) is 4.22. The monoisotopic (exact) mass is 327 g/mol. The fourth-order valence-electron chi connectivity index (χ4n) is 2.91. The fourth-order valence-corrected chi connectivity index (χ4v) is 2.91. The molecule has 0 aromatic carbocycles. The maximum Gasteiger partial charge on any atom is 0.227 e. The van der Waals surface area contributed by atoms with E-state index in [1.807, 2.05) is 19.2 Å².